The third-order valence-electron chi connectivity index (χ3n) is 3.14. The van der Waals surface area contributed by atoms with E-state index in [2.05, 4.69) is 59.0 Å². The maximum absolute atomic E-state index is 11.8. The first-order valence-corrected chi connectivity index (χ1v) is 6.98. The number of carbonyl (C=O) groups excluding carboxylic acids is 1. The normalized spacial score (nSPS) is 12.3. The van der Waals surface area contributed by atoms with Gasteiger partial charge in [0.25, 0.3) is 0 Å². The van der Waals surface area contributed by atoms with E-state index >= 15 is 0 Å². The second-order valence-corrected chi connectivity index (χ2v) is 7.44. The summed E-state index contributed by atoms with van der Waals surface area (Å²) in [5, 5.41) is 2.95. The summed E-state index contributed by atoms with van der Waals surface area (Å²) in [6.45, 7) is 13.0. The molecule has 2 nitrogen and oxygen atoms in total. The first-order valence-electron chi connectivity index (χ1n) is 6.98. The maximum atomic E-state index is 11.8. The maximum Gasteiger partial charge on any atom is 0.224 e. The summed E-state index contributed by atoms with van der Waals surface area (Å²) in [6.07, 6.45) is 1.48. The number of amides is 1. The van der Waals surface area contributed by atoms with Gasteiger partial charge in [-0.1, -0.05) is 53.7 Å². The second kappa shape index (κ2) is 5.77. The number of rotatable bonds is 3. The molecule has 0 aliphatic carbocycles. The van der Waals surface area contributed by atoms with Gasteiger partial charge in [0.15, 0.2) is 0 Å². The molecule has 1 amide bonds. The van der Waals surface area contributed by atoms with Crippen LogP contribution in [0, 0.1) is 5.41 Å². The number of nitrogens with one attached hydrogen (secondary N) is 1. The van der Waals surface area contributed by atoms with Crippen LogP contribution in [0.3, 0.4) is 0 Å². The topological polar surface area (TPSA) is 29.1 Å². The minimum Gasteiger partial charge on any atom is -0.326 e. The number of hydrogen-bond acceptors (Lipinski definition) is 1. The molecule has 0 atom stereocenters. The van der Waals surface area contributed by atoms with Crippen LogP contribution in [0.25, 0.3) is 0 Å². The number of anilines is 1. The fraction of sp³-hybridized carbons (Fsp3) is 0.588. The van der Waals surface area contributed by atoms with Crippen molar-refractivity contribution in [2.75, 3.05) is 5.32 Å². The Balaban J connectivity index is 2.56. The molecule has 0 bridgehead atoms. The van der Waals surface area contributed by atoms with E-state index in [1.807, 2.05) is 12.1 Å². The molecule has 0 saturated carbocycles. The van der Waals surface area contributed by atoms with Crippen LogP contribution in [-0.2, 0) is 10.2 Å². The van der Waals surface area contributed by atoms with Gasteiger partial charge in [-0.05, 0) is 34.9 Å². The summed E-state index contributed by atoms with van der Waals surface area (Å²) in [6, 6.07) is 8.13. The second-order valence-electron chi connectivity index (χ2n) is 7.44. The highest BCUT2D eigenvalue weighted by atomic mass is 16.1. The Hall–Kier alpha value is -1.31. The summed E-state index contributed by atoms with van der Waals surface area (Å²) < 4.78 is 0. The average molecular weight is 261 g/mol. The third kappa shape index (κ3) is 5.91. The molecule has 0 saturated heterocycles. The summed E-state index contributed by atoms with van der Waals surface area (Å²) in [5.41, 5.74) is 2.51. The highest BCUT2D eigenvalue weighted by Crippen LogP contribution is 2.24. The average Bonchev–Trinajstić information content (AvgIpc) is 2.25. The van der Waals surface area contributed by atoms with Gasteiger partial charge in [0, 0.05) is 12.1 Å². The molecule has 0 radical (unpaired) electrons. The minimum atomic E-state index is 0.0958. The van der Waals surface area contributed by atoms with E-state index in [0.717, 1.165) is 12.1 Å². The van der Waals surface area contributed by atoms with Crippen molar-refractivity contribution in [3.05, 3.63) is 29.8 Å². The highest BCUT2D eigenvalue weighted by Gasteiger charge is 2.14. The van der Waals surface area contributed by atoms with Crippen LogP contribution in [0.2, 0.25) is 0 Å². The molecule has 0 heterocycles. The van der Waals surface area contributed by atoms with E-state index in [1.54, 1.807) is 0 Å². The molecule has 0 spiro atoms. The number of benzene rings is 1. The van der Waals surface area contributed by atoms with E-state index in [-0.39, 0.29) is 16.7 Å². The van der Waals surface area contributed by atoms with Gasteiger partial charge in [0.2, 0.25) is 5.91 Å². The smallest absolute Gasteiger partial charge is 0.224 e. The van der Waals surface area contributed by atoms with Gasteiger partial charge >= 0.3 is 0 Å². The fourth-order valence-corrected chi connectivity index (χ4v) is 1.77. The SMILES string of the molecule is CC(C)(C)CCC(=O)Nc1ccc(C(C)(C)C)cc1. The summed E-state index contributed by atoms with van der Waals surface area (Å²) in [5.74, 6) is 0.0958. The quantitative estimate of drug-likeness (QED) is 0.836. The zero-order valence-electron chi connectivity index (χ0n) is 13.1. The van der Waals surface area contributed by atoms with E-state index in [4.69, 9.17) is 0 Å². The van der Waals surface area contributed by atoms with Crippen molar-refractivity contribution in [3.8, 4) is 0 Å². The van der Waals surface area contributed by atoms with Crippen LogP contribution in [0.15, 0.2) is 24.3 Å². The van der Waals surface area contributed by atoms with Gasteiger partial charge < -0.3 is 5.32 Å². The lowest BCUT2D eigenvalue weighted by Crippen LogP contribution is -2.16. The van der Waals surface area contributed by atoms with E-state index in [0.29, 0.717) is 6.42 Å². The van der Waals surface area contributed by atoms with Crippen LogP contribution in [0.1, 0.15) is 59.9 Å². The van der Waals surface area contributed by atoms with Crippen LogP contribution >= 0.6 is 0 Å². The van der Waals surface area contributed by atoms with E-state index in [1.165, 1.54) is 5.56 Å². The lowest BCUT2D eigenvalue weighted by molar-refractivity contribution is -0.116. The van der Waals surface area contributed by atoms with Crippen molar-refractivity contribution in [1.29, 1.82) is 0 Å². The predicted octanol–water partition coefficient (Wildman–Crippen LogP) is 4.75. The van der Waals surface area contributed by atoms with Crippen molar-refractivity contribution in [3.63, 3.8) is 0 Å². The lowest BCUT2D eigenvalue weighted by Gasteiger charge is -2.19. The molecule has 2 heteroatoms. The molecule has 0 fully saturated rings. The Morgan fingerprint density at radius 2 is 1.53 bits per heavy atom. The van der Waals surface area contributed by atoms with Crippen molar-refractivity contribution >= 4 is 11.6 Å². The predicted molar refractivity (Wildman–Crippen MR) is 82.5 cm³/mol. The first kappa shape index (κ1) is 15.7. The molecule has 1 rings (SSSR count). The van der Waals surface area contributed by atoms with Crippen molar-refractivity contribution in [1.82, 2.24) is 0 Å². The Morgan fingerprint density at radius 3 is 1.95 bits per heavy atom. The summed E-state index contributed by atoms with van der Waals surface area (Å²) in [7, 11) is 0. The van der Waals surface area contributed by atoms with Crippen LogP contribution in [0.5, 0.6) is 0 Å². The Labute approximate surface area is 117 Å². The van der Waals surface area contributed by atoms with E-state index in [9.17, 15) is 4.79 Å². The summed E-state index contributed by atoms with van der Waals surface area (Å²) in [4.78, 5) is 11.8. The van der Waals surface area contributed by atoms with Crippen molar-refractivity contribution in [2.24, 2.45) is 5.41 Å². The van der Waals surface area contributed by atoms with Gasteiger partial charge in [-0.3, -0.25) is 4.79 Å². The van der Waals surface area contributed by atoms with Gasteiger partial charge in [-0.2, -0.15) is 0 Å². The molecule has 1 aromatic rings. The minimum absolute atomic E-state index is 0.0958. The Morgan fingerprint density at radius 1 is 1.00 bits per heavy atom. The van der Waals surface area contributed by atoms with Crippen molar-refractivity contribution < 1.29 is 4.79 Å². The monoisotopic (exact) mass is 261 g/mol. The molecule has 106 valence electrons. The van der Waals surface area contributed by atoms with Crippen molar-refractivity contribution in [2.45, 2.75) is 59.8 Å². The largest absolute Gasteiger partial charge is 0.326 e. The molecule has 19 heavy (non-hydrogen) atoms. The van der Waals surface area contributed by atoms with E-state index < -0.39 is 0 Å². The van der Waals surface area contributed by atoms with Gasteiger partial charge in [0.1, 0.15) is 0 Å². The molecule has 0 aromatic heterocycles. The molecule has 0 unspecified atom stereocenters. The summed E-state index contributed by atoms with van der Waals surface area (Å²) >= 11 is 0. The molecule has 0 aliphatic rings. The van der Waals surface area contributed by atoms with Crippen LogP contribution in [0.4, 0.5) is 5.69 Å². The molecular weight excluding hydrogens is 234 g/mol. The molecule has 1 aromatic carbocycles. The standard InChI is InChI=1S/C17H27NO/c1-16(2,3)12-11-15(19)18-14-9-7-13(8-10-14)17(4,5)6/h7-10H,11-12H2,1-6H3,(H,18,19). The lowest BCUT2D eigenvalue weighted by atomic mass is 9.87. The van der Waals surface area contributed by atoms with Crippen LogP contribution < -0.4 is 5.32 Å². The zero-order valence-corrected chi connectivity index (χ0v) is 13.1. The Kier molecular flexibility index (Phi) is 4.78. The van der Waals surface area contributed by atoms with Gasteiger partial charge in [-0.15, -0.1) is 0 Å². The zero-order chi connectivity index (χ0) is 14.7. The highest BCUT2D eigenvalue weighted by molar-refractivity contribution is 5.90. The van der Waals surface area contributed by atoms with Gasteiger partial charge in [0.05, 0.1) is 0 Å². The molecule has 0 aliphatic heterocycles. The number of carbonyl (C=O) groups is 1. The molecular formula is C17H27NO. The molecule has 1 N–H and O–H groups in total. The third-order valence-corrected chi connectivity index (χ3v) is 3.14. The fourth-order valence-electron chi connectivity index (χ4n) is 1.77. The Bertz CT molecular complexity index is 418. The van der Waals surface area contributed by atoms with Crippen LogP contribution in [-0.4, -0.2) is 5.91 Å². The van der Waals surface area contributed by atoms with Gasteiger partial charge in [-0.25, -0.2) is 0 Å². The number of hydrogen-bond donors (Lipinski definition) is 1. The first-order chi connectivity index (χ1) is 8.58.